The third-order valence-corrected chi connectivity index (χ3v) is 6.52. The minimum Gasteiger partial charge on any atom is -0.496 e. The van der Waals surface area contributed by atoms with Crippen molar-refractivity contribution in [1.82, 2.24) is 4.90 Å². The van der Waals surface area contributed by atoms with Crippen molar-refractivity contribution in [3.8, 4) is 11.5 Å². The molecule has 4 rings (SSSR count). The zero-order valence-corrected chi connectivity index (χ0v) is 20.8. The lowest BCUT2D eigenvalue weighted by atomic mass is 9.91. The second-order valence-electron chi connectivity index (χ2n) is 9.16. The maximum absolute atomic E-state index is 13.5. The molecule has 3 aromatic rings. The number of carboxylic acids is 1. The summed E-state index contributed by atoms with van der Waals surface area (Å²) in [6.45, 7) is 2.24. The fourth-order valence-corrected chi connectivity index (χ4v) is 4.74. The molecule has 0 aliphatic carbocycles. The number of para-hydroxylation sites is 1. The fraction of sp³-hybridized carbons (Fsp3) is 0.286. The van der Waals surface area contributed by atoms with E-state index in [4.69, 9.17) is 21.1 Å². The average Bonchev–Trinajstić information content (AvgIpc) is 3.18. The van der Waals surface area contributed by atoms with E-state index in [1.807, 2.05) is 25.1 Å². The van der Waals surface area contributed by atoms with Crippen molar-refractivity contribution < 1.29 is 28.6 Å². The van der Waals surface area contributed by atoms with Gasteiger partial charge in [-0.05, 0) is 54.4 Å². The van der Waals surface area contributed by atoms with Crippen LogP contribution in [0.1, 0.15) is 40.4 Å². The van der Waals surface area contributed by atoms with Crippen LogP contribution < -0.4 is 9.47 Å². The molecule has 0 aromatic heterocycles. The molecule has 36 heavy (non-hydrogen) atoms. The molecule has 3 aromatic carbocycles. The van der Waals surface area contributed by atoms with E-state index < -0.39 is 17.4 Å². The molecule has 1 heterocycles. The van der Waals surface area contributed by atoms with Crippen molar-refractivity contribution in [3.05, 3.63) is 93.8 Å². The normalized spacial score (nSPS) is 16.2. The van der Waals surface area contributed by atoms with Crippen LogP contribution in [0.3, 0.4) is 0 Å². The summed E-state index contributed by atoms with van der Waals surface area (Å²) in [7, 11) is 1.56. The van der Waals surface area contributed by atoms with Crippen molar-refractivity contribution in [2.75, 3.05) is 13.7 Å². The van der Waals surface area contributed by atoms with Crippen molar-refractivity contribution in [3.63, 3.8) is 0 Å². The number of halogens is 2. The highest BCUT2D eigenvalue weighted by atomic mass is 35.5. The molecule has 0 bridgehead atoms. The van der Waals surface area contributed by atoms with Gasteiger partial charge in [0, 0.05) is 37.1 Å². The molecule has 1 aliphatic rings. The van der Waals surface area contributed by atoms with Crippen molar-refractivity contribution >= 4 is 23.5 Å². The van der Waals surface area contributed by atoms with Crippen LogP contribution >= 0.6 is 11.6 Å². The number of methoxy groups -OCH3 is 1. The maximum Gasteiger partial charge on any atom is 0.305 e. The Kier molecular flexibility index (Phi) is 7.50. The lowest BCUT2D eigenvalue weighted by molar-refractivity contribution is -0.137. The van der Waals surface area contributed by atoms with E-state index in [2.05, 4.69) is 0 Å². The minimum atomic E-state index is -0.980. The van der Waals surface area contributed by atoms with Gasteiger partial charge in [0.05, 0.1) is 18.6 Å². The number of benzene rings is 3. The van der Waals surface area contributed by atoms with E-state index in [0.29, 0.717) is 29.9 Å². The van der Waals surface area contributed by atoms with E-state index in [1.165, 1.54) is 11.0 Å². The topological polar surface area (TPSA) is 76.1 Å². The number of fused-ring (bicyclic) bond motifs is 1. The number of carbonyl (C=O) groups is 2. The predicted octanol–water partition coefficient (Wildman–Crippen LogP) is 5.54. The van der Waals surface area contributed by atoms with Crippen LogP contribution in [0.5, 0.6) is 11.5 Å². The molecule has 0 radical (unpaired) electrons. The van der Waals surface area contributed by atoms with Gasteiger partial charge < -0.3 is 19.5 Å². The van der Waals surface area contributed by atoms with Gasteiger partial charge in [0.2, 0.25) is 0 Å². The van der Waals surface area contributed by atoms with Crippen LogP contribution in [-0.2, 0) is 24.2 Å². The molecule has 1 aliphatic heterocycles. The number of carbonyl (C=O) groups excluding carboxylic acids is 1. The summed E-state index contributed by atoms with van der Waals surface area (Å²) < 4.78 is 25.2. The molecule has 6 nitrogen and oxygen atoms in total. The van der Waals surface area contributed by atoms with Gasteiger partial charge in [-0.15, -0.1) is 0 Å². The second-order valence-corrected chi connectivity index (χ2v) is 9.57. The molecule has 8 heteroatoms. The number of hydrogen-bond donors (Lipinski definition) is 1. The highest BCUT2D eigenvalue weighted by molar-refractivity contribution is 6.30. The van der Waals surface area contributed by atoms with Gasteiger partial charge in [0.1, 0.15) is 22.9 Å². The summed E-state index contributed by atoms with van der Waals surface area (Å²) >= 11 is 5.94. The lowest BCUT2D eigenvalue weighted by Gasteiger charge is -2.24. The first-order valence-corrected chi connectivity index (χ1v) is 11.9. The van der Waals surface area contributed by atoms with Gasteiger partial charge in [-0.3, -0.25) is 9.59 Å². The first-order chi connectivity index (χ1) is 17.2. The number of amides is 1. The quantitative estimate of drug-likeness (QED) is 0.408. The van der Waals surface area contributed by atoms with E-state index in [-0.39, 0.29) is 30.4 Å². The van der Waals surface area contributed by atoms with Crippen molar-refractivity contribution in [2.24, 2.45) is 0 Å². The van der Waals surface area contributed by atoms with Crippen molar-refractivity contribution in [1.29, 1.82) is 0 Å². The SMILES string of the molecule is COc1ccccc1CN(CCC(=O)O)C(=O)c1ccc2c(c1)CC(C)(Cc1ccc(F)c(Cl)c1)O2. The first-order valence-electron chi connectivity index (χ1n) is 11.6. The molecule has 0 spiro atoms. The standard InChI is InChI=1S/C28H27ClFNO5/c1-28(15-18-7-9-23(30)22(29)13-18)16-21-14-19(8-10-25(21)36-28)27(34)31(12-11-26(32)33)17-20-5-3-4-6-24(20)35-2/h3-10,13-14H,11-12,15-17H2,1-2H3,(H,32,33). The monoisotopic (exact) mass is 511 g/mol. The van der Waals surface area contributed by atoms with Gasteiger partial charge in [-0.2, -0.15) is 0 Å². The number of hydrogen-bond acceptors (Lipinski definition) is 4. The number of nitrogens with zero attached hydrogens (tertiary/aromatic N) is 1. The molecule has 0 fully saturated rings. The van der Waals surface area contributed by atoms with Gasteiger partial charge in [-0.25, -0.2) is 4.39 Å². The number of ether oxygens (including phenoxy) is 2. The van der Waals surface area contributed by atoms with Gasteiger partial charge in [-0.1, -0.05) is 35.9 Å². The van der Waals surface area contributed by atoms with Gasteiger partial charge >= 0.3 is 5.97 Å². The second kappa shape index (κ2) is 10.6. The summed E-state index contributed by atoms with van der Waals surface area (Å²) in [6.07, 6.45) is 0.900. The Balaban J connectivity index is 1.54. The van der Waals surface area contributed by atoms with Crippen LogP contribution in [0.25, 0.3) is 0 Å². The average molecular weight is 512 g/mol. The molecule has 0 saturated heterocycles. The number of aliphatic carboxylic acids is 1. The highest BCUT2D eigenvalue weighted by Gasteiger charge is 2.36. The summed E-state index contributed by atoms with van der Waals surface area (Å²) in [5, 5.41) is 9.28. The van der Waals surface area contributed by atoms with E-state index in [0.717, 1.165) is 16.7 Å². The maximum atomic E-state index is 13.5. The molecule has 1 unspecified atom stereocenters. The zero-order valence-electron chi connectivity index (χ0n) is 20.1. The van der Waals surface area contributed by atoms with Gasteiger partial charge in [0.25, 0.3) is 5.91 Å². The molecular weight excluding hydrogens is 485 g/mol. The summed E-state index contributed by atoms with van der Waals surface area (Å²) in [5.74, 6) is -0.408. The largest absolute Gasteiger partial charge is 0.496 e. The predicted molar refractivity (Wildman–Crippen MR) is 134 cm³/mol. The van der Waals surface area contributed by atoms with Crippen LogP contribution in [0, 0.1) is 5.82 Å². The molecule has 0 saturated carbocycles. The van der Waals surface area contributed by atoms with Crippen LogP contribution in [0.4, 0.5) is 4.39 Å². The van der Waals surface area contributed by atoms with Crippen LogP contribution in [0.15, 0.2) is 60.7 Å². The van der Waals surface area contributed by atoms with E-state index >= 15 is 0 Å². The van der Waals surface area contributed by atoms with Crippen LogP contribution in [-0.4, -0.2) is 41.1 Å². The Morgan fingerprint density at radius 3 is 2.67 bits per heavy atom. The zero-order chi connectivity index (χ0) is 25.9. The smallest absolute Gasteiger partial charge is 0.305 e. The van der Waals surface area contributed by atoms with E-state index in [1.54, 1.807) is 43.5 Å². The molecule has 1 N–H and O–H groups in total. The lowest BCUT2D eigenvalue weighted by Crippen LogP contribution is -2.33. The molecule has 1 atom stereocenters. The Morgan fingerprint density at radius 2 is 1.94 bits per heavy atom. The summed E-state index contributed by atoms with van der Waals surface area (Å²) in [6, 6.07) is 17.2. The van der Waals surface area contributed by atoms with E-state index in [9.17, 15) is 19.1 Å². The van der Waals surface area contributed by atoms with Gasteiger partial charge in [0.15, 0.2) is 0 Å². The van der Waals surface area contributed by atoms with Crippen molar-refractivity contribution in [2.45, 2.75) is 38.3 Å². The molecule has 1 amide bonds. The Labute approximate surface area is 214 Å². The third kappa shape index (κ3) is 5.79. The van der Waals surface area contributed by atoms with Crippen LogP contribution in [0.2, 0.25) is 5.02 Å². The Bertz CT molecular complexity index is 1300. The highest BCUT2D eigenvalue weighted by Crippen LogP contribution is 2.38. The summed E-state index contributed by atoms with van der Waals surface area (Å²) in [5.41, 5.74) is 2.39. The number of carboxylic acid groups (broad SMARTS) is 1. The Hall–Kier alpha value is -3.58. The Morgan fingerprint density at radius 1 is 1.17 bits per heavy atom. The molecular formula is C28H27ClFNO5. The third-order valence-electron chi connectivity index (χ3n) is 6.23. The molecule has 188 valence electrons. The number of rotatable bonds is 9. The first kappa shape index (κ1) is 25.5. The fourth-order valence-electron chi connectivity index (χ4n) is 4.54. The summed E-state index contributed by atoms with van der Waals surface area (Å²) in [4.78, 5) is 26.2. The minimum absolute atomic E-state index is 0.0584.